The van der Waals surface area contributed by atoms with E-state index in [9.17, 15) is 8.42 Å². The predicted octanol–water partition coefficient (Wildman–Crippen LogP) is 2.62. The lowest BCUT2D eigenvalue weighted by atomic mass is 10.1. The molecule has 0 radical (unpaired) electrons. The molecule has 0 unspecified atom stereocenters. The summed E-state index contributed by atoms with van der Waals surface area (Å²) in [5, 5.41) is 6.77. The van der Waals surface area contributed by atoms with Crippen LogP contribution in [0.3, 0.4) is 0 Å². The number of methoxy groups -OCH3 is 1. The van der Waals surface area contributed by atoms with Crippen molar-refractivity contribution in [1.29, 1.82) is 0 Å². The Balaban J connectivity index is 0.00000480. The number of sulfonamides is 1. The number of benzene rings is 1. The van der Waals surface area contributed by atoms with Gasteiger partial charge in [0.15, 0.2) is 17.5 Å². The molecule has 0 atom stereocenters. The Hall–Kier alpha value is -1.27. The molecule has 2 rings (SSSR count). The summed E-state index contributed by atoms with van der Waals surface area (Å²) in [6, 6.07) is 6.27. The molecular formula is C21H37IN4O4S. The first kappa shape index (κ1) is 27.8. The summed E-state index contributed by atoms with van der Waals surface area (Å²) in [7, 11) is 0.308. The Bertz CT molecular complexity index is 797. The van der Waals surface area contributed by atoms with E-state index >= 15 is 0 Å². The van der Waals surface area contributed by atoms with E-state index < -0.39 is 10.0 Å². The molecule has 10 heteroatoms. The lowest BCUT2D eigenvalue weighted by molar-refractivity contribution is 0.306. The Morgan fingerprint density at radius 1 is 1.23 bits per heavy atom. The lowest BCUT2D eigenvalue weighted by Gasteiger charge is -2.32. The molecule has 1 aromatic carbocycles. The number of nitrogens with zero attached hydrogens (tertiary/aromatic N) is 2. The summed E-state index contributed by atoms with van der Waals surface area (Å²) in [6.45, 7) is 6.16. The Morgan fingerprint density at radius 2 is 1.94 bits per heavy atom. The van der Waals surface area contributed by atoms with E-state index in [1.54, 1.807) is 25.4 Å². The molecule has 0 saturated carbocycles. The predicted molar refractivity (Wildman–Crippen MR) is 136 cm³/mol. The number of ether oxygens (including phenoxy) is 2. The molecule has 0 amide bonds. The molecule has 0 aromatic heterocycles. The van der Waals surface area contributed by atoms with Crippen molar-refractivity contribution in [3.05, 3.63) is 23.8 Å². The number of piperidine rings is 1. The fourth-order valence-electron chi connectivity index (χ4n) is 3.49. The Labute approximate surface area is 204 Å². The van der Waals surface area contributed by atoms with E-state index in [4.69, 9.17) is 9.47 Å². The quantitative estimate of drug-likeness (QED) is 0.195. The maximum Gasteiger partial charge on any atom is 0.213 e. The molecule has 1 saturated heterocycles. The number of aliphatic imine (C=N–C) groups is 1. The van der Waals surface area contributed by atoms with Crippen LogP contribution in [0.5, 0.6) is 11.5 Å². The zero-order chi connectivity index (χ0) is 22.0. The van der Waals surface area contributed by atoms with Crippen LogP contribution < -0.4 is 20.1 Å². The largest absolute Gasteiger partial charge is 0.493 e. The van der Waals surface area contributed by atoms with Gasteiger partial charge in [0.25, 0.3) is 0 Å². The van der Waals surface area contributed by atoms with Crippen molar-refractivity contribution in [3.8, 4) is 11.5 Å². The van der Waals surface area contributed by atoms with Crippen LogP contribution in [-0.4, -0.2) is 70.9 Å². The van der Waals surface area contributed by atoms with Crippen LogP contribution >= 0.6 is 24.0 Å². The minimum atomic E-state index is -3.09. The number of rotatable bonds is 10. The van der Waals surface area contributed by atoms with Gasteiger partial charge in [-0.25, -0.2) is 12.7 Å². The molecule has 2 N–H and O–H groups in total. The van der Waals surface area contributed by atoms with Crippen LogP contribution in [0.15, 0.2) is 23.2 Å². The summed E-state index contributed by atoms with van der Waals surface area (Å²) < 4.78 is 36.5. The first-order chi connectivity index (χ1) is 14.4. The third-order valence-electron chi connectivity index (χ3n) is 5.24. The second-order valence-electron chi connectivity index (χ2n) is 7.24. The number of halogens is 1. The van der Waals surface area contributed by atoms with Crippen LogP contribution in [0, 0.1) is 0 Å². The number of hydrogen-bond donors (Lipinski definition) is 2. The summed E-state index contributed by atoms with van der Waals surface area (Å²) in [4.78, 5) is 4.30. The van der Waals surface area contributed by atoms with Gasteiger partial charge >= 0.3 is 0 Å². The third-order valence-corrected chi connectivity index (χ3v) is 7.12. The molecular weight excluding hydrogens is 531 g/mol. The molecule has 1 aromatic rings. The molecule has 1 aliphatic rings. The lowest BCUT2D eigenvalue weighted by Crippen LogP contribution is -2.50. The standard InChI is InChI=1S/C21H36N4O4S.HI/c1-5-29-20-16-17(9-10-19(20)28-4)8-7-13-23-21(22-3)24-18-11-14-25(15-12-18)30(26,27)6-2;/h9-10,16,18H,5-8,11-15H2,1-4H3,(H2,22,23,24);1H. The zero-order valence-corrected chi connectivity index (χ0v) is 22.2. The molecule has 178 valence electrons. The summed E-state index contributed by atoms with van der Waals surface area (Å²) in [6.07, 6.45) is 3.44. The van der Waals surface area contributed by atoms with Gasteiger partial charge in [0.2, 0.25) is 10.0 Å². The average Bonchev–Trinajstić information content (AvgIpc) is 2.76. The normalized spacial score (nSPS) is 15.8. The molecule has 0 bridgehead atoms. The number of guanidine groups is 1. The van der Waals surface area contributed by atoms with Crippen molar-refractivity contribution < 1.29 is 17.9 Å². The van der Waals surface area contributed by atoms with Crippen LogP contribution in [0.4, 0.5) is 0 Å². The zero-order valence-electron chi connectivity index (χ0n) is 19.0. The van der Waals surface area contributed by atoms with Gasteiger partial charge in [-0.3, -0.25) is 4.99 Å². The van der Waals surface area contributed by atoms with E-state index in [2.05, 4.69) is 21.7 Å². The van der Waals surface area contributed by atoms with E-state index in [0.29, 0.717) is 19.7 Å². The average molecular weight is 569 g/mol. The fraction of sp³-hybridized carbons (Fsp3) is 0.667. The van der Waals surface area contributed by atoms with Crippen molar-refractivity contribution in [3.63, 3.8) is 0 Å². The van der Waals surface area contributed by atoms with Crippen molar-refractivity contribution in [1.82, 2.24) is 14.9 Å². The van der Waals surface area contributed by atoms with Gasteiger partial charge in [-0.2, -0.15) is 0 Å². The van der Waals surface area contributed by atoms with Crippen LogP contribution in [0.2, 0.25) is 0 Å². The highest BCUT2D eigenvalue weighted by Gasteiger charge is 2.26. The smallest absolute Gasteiger partial charge is 0.213 e. The summed E-state index contributed by atoms with van der Waals surface area (Å²) >= 11 is 0. The van der Waals surface area contributed by atoms with E-state index in [0.717, 1.165) is 49.7 Å². The number of hydrogen-bond acceptors (Lipinski definition) is 5. The summed E-state index contributed by atoms with van der Waals surface area (Å²) in [5.74, 6) is 2.45. The number of aryl methyl sites for hydroxylation is 1. The van der Waals surface area contributed by atoms with Gasteiger partial charge in [0, 0.05) is 32.7 Å². The van der Waals surface area contributed by atoms with Crippen LogP contribution in [0.1, 0.15) is 38.7 Å². The van der Waals surface area contributed by atoms with E-state index in [-0.39, 0.29) is 35.8 Å². The van der Waals surface area contributed by atoms with Crippen molar-refractivity contribution in [2.24, 2.45) is 4.99 Å². The van der Waals surface area contributed by atoms with Crippen LogP contribution in [0.25, 0.3) is 0 Å². The monoisotopic (exact) mass is 568 g/mol. The summed E-state index contributed by atoms with van der Waals surface area (Å²) in [5.41, 5.74) is 1.20. The minimum Gasteiger partial charge on any atom is -0.493 e. The number of nitrogens with one attached hydrogen (secondary N) is 2. The van der Waals surface area contributed by atoms with Gasteiger partial charge in [-0.1, -0.05) is 6.07 Å². The van der Waals surface area contributed by atoms with Crippen molar-refractivity contribution in [2.75, 3.05) is 46.2 Å². The highest BCUT2D eigenvalue weighted by Crippen LogP contribution is 2.28. The first-order valence-electron chi connectivity index (χ1n) is 10.7. The Kier molecular flexibility index (Phi) is 12.5. The highest BCUT2D eigenvalue weighted by atomic mass is 127. The van der Waals surface area contributed by atoms with Gasteiger partial charge in [0.05, 0.1) is 19.5 Å². The molecule has 0 aliphatic carbocycles. The maximum absolute atomic E-state index is 12.0. The second kappa shape index (κ2) is 14.0. The molecule has 0 spiro atoms. The maximum atomic E-state index is 12.0. The Morgan fingerprint density at radius 3 is 2.52 bits per heavy atom. The third kappa shape index (κ3) is 8.64. The highest BCUT2D eigenvalue weighted by molar-refractivity contribution is 14.0. The second-order valence-corrected chi connectivity index (χ2v) is 9.50. The molecule has 1 aliphatic heterocycles. The molecule has 8 nitrogen and oxygen atoms in total. The van der Waals surface area contributed by atoms with Crippen LogP contribution in [-0.2, 0) is 16.4 Å². The van der Waals surface area contributed by atoms with Crippen molar-refractivity contribution >= 4 is 40.0 Å². The SMILES string of the molecule is CCOc1cc(CCCNC(=NC)NC2CCN(S(=O)(=O)CC)CC2)ccc1OC.I. The fourth-order valence-corrected chi connectivity index (χ4v) is 4.63. The molecule has 1 heterocycles. The van der Waals surface area contributed by atoms with E-state index in [1.807, 2.05) is 19.1 Å². The molecule has 1 fully saturated rings. The van der Waals surface area contributed by atoms with Gasteiger partial charge in [-0.15, -0.1) is 24.0 Å². The van der Waals surface area contributed by atoms with Gasteiger partial charge in [0.1, 0.15) is 0 Å². The molecule has 31 heavy (non-hydrogen) atoms. The van der Waals surface area contributed by atoms with Gasteiger partial charge in [-0.05, 0) is 57.2 Å². The van der Waals surface area contributed by atoms with Gasteiger partial charge < -0.3 is 20.1 Å². The van der Waals surface area contributed by atoms with E-state index in [1.165, 1.54) is 5.56 Å². The topological polar surface area (TPSA) is 92.3 Å². The first-order valence-corrected chi connectivity index (χ1v) is 12.3. The van der Waals surface area contributed by atoms with Crippen molar-refractivity contribution in [2.45, 2.75) is 45.6 Å². The minimum absolute atomic E-state index is 0.